The Labute approximate surface area is 219 Å². The SMILES string of the molecule is c1ccc(N2c3ccccc3Sc3ccc(-c4cccc5[nH]c6ccc7ccccc7c6c45)cc32)cc1. The molecule has 0 spiro atoms. The summed E-state index contributed by atoms with van der Waals surface area (Å²) in [5.41, 5.74) is 8.42. The van der Waals surface area contributed by atoms with E-state index in [0.29, 0.717) is 0 Å². The van der Waals surface area contributed by atoms with Gasteiger partial charge >= 0.3 is 0 Å². The maximum atomic E-state index is 3.68. The van der Waals surface area contributed by atoms with E-state index in [0.717, 1.165) is 0 Å². The van der Waals surface area contributed by atoms with E-state index in [1.807, 2.05) is 11.8 Å². The molecule has 8 rings (SSSR count). The third-order valence-corrected chi connectivity index (χ3v) is 8.49. The van der Waals surface area contributed by atoms with Crippen molar-refractivity contribution in [3.8, 4) is 11.1 Å². The highest BCUT2D eigenvalue weighted by molar-refractivity contribution is 7.99. The number of fused-ring (bicyclic) bond motifs is 7. The van der Waals surface area contributed by atoms with Gasteiger partial charge in [0.25, 0.3) is 0 Å². The molecule has 1 aliphatic heterocycles. The quantitative estimate of drug-likeness (QED) is 0.260. The lowest BCUT2D eigenvalue weighted by atomic mass is 9.96. The van der Waals surface area contributed by atoms with E-state index in [1.54, 1.807) is 0 Å². The van der Waals surface area contributed by atoms with Crippen molar-refractivity contribution in [2.24, 2.45) is 0 Å². The first kappa shape index (κ1) is 20.7. The van der Waals surface area contributed by atoms with Crippen LogP contribution in [0.25, 0.3) is 43.7 Å². The van der Waals surface area contributed by atoms with Crippen LogP contribution in [0.1, 0.15) is 0 Å². The minimum absolute atomic E-state index is 1.17. The first-order valence-electron chi connectivity index (χ1n) is 12.5. The lowest BCUT2D eigenvalue weighted by Crippen LogP contribution is -2.14. The predicted octanol–water partition coefficient (Wildman–Crippen LogP) is 10.1. The molecule has 6 aromatic carbocycles. The number of benzene rings is 6. The van der Waals surface area contributed by atoms with E-state index < -0.39 is 0 Å². The van der Waals surface area contributed by atoms with Gasteiger partial charge in [-0.15, -0.1) is 0 Å². The Morgan fingerprint density at radius 2 is 1.32 bits per heavy atom. The molecule has 0 saturated carbocycles. The van der Waals surface area contributed by atoms with Crippen LogP contribution in [0.15, 0.2) is 137 Å². The molecule has 0 bridgehead atoms. The lowest BCUT2D eigenvalue weighted by Gasteiger charge is -2.33. The smallest absolute Gasteiger partial charge is 0.0607 e. The summed E-state index contributed by atoms with van der Waals surface area (Å²) >= 11 is 1.85. The summed E-state index contributed by atoms with van der Waals surface area (Å²) in [6.45, 7) is 0. The maximum absolute atomic E-state index is 3.68. The molecule has 37 heavy (non-hydrogen) atoms. The maximum Gasteiger partial charge on any atom is 0.0607 e. The van der Waals surface area contributed by atoms with Gasteiger partial charge in [-0.1, -0.05) is 90.6 Å². The van der Waals surface area contributed by atoms with Crippen molar-refractivity contribution in [3.63, 3.8) is 0 Å². The summed E-state index contributed by atoms with van der Waals surface area (Å²) in [7, 11) is 0. The van der Waals surface area contributed by atoms with Crippen molar-refractivity contribution in [2.75, 3.05) is 4.90 Å². The molecule has 1 N–H and O–H groups in total. The molecular formula is C34H22N2S. The molecule has 3 heteroatoms. The number of rotatable bonds is 2. The van der Waals surface area contributed by atoms with Gasteiger partial charge in [-0.3, -0.25) is 0 Å². The third kappa shape index (κ3) is 3.14. The molecule has 0 fully saturated rings. The average molecular weight is 491 g/mol. The van der Waals surface area contributed by atoms with Crippen molar-refractivity contribution in [3.05, 3.63) is 127 Å². The summed E-state index contributed by atoms with van der Waals surface area (Å²) in [5.74, 6) is 0. The average Bonchev–Trinajstić information content (AvgIpc) is 3.35. The molecule has 0 atom stereocenters. The van der Waals surface area contributed by atoms with Crippen LogP contribution in [0.2, 0.25) is 0 Å². The molecule has 2 heterocycles. The second-order valence-corrected chi connectivity index (χ2v) is 10.6. The fourth-order valence-electron chi connectivity index (χ4n) is 5.73. The van der Waals surface area contributed by atoms with Gasteiger partial charge in [0.1, 0.15) is 0 Å². The highest BCUT2D eigenvalue weighted by Gasteiger charge is 2.25. The second kappa shape index (κ2) is 8.02. The summed E-state index contributed by atoms with van der Waals surface area (Å²) < 4.78 is 0. The third-order valence-electron chi connectivity index (χ3n) is 7.36. The van der Waals surface area contributed by atoms with Crippen LogP contribution in [0, 0.1) is 0 Å². The number of aromatic nitrogens is 1. The van der Waals surface area contributed by atoms with Crippen molar-refractivity contribution in [2.45, 2.75) is 9.79 Å². The zero-order valence-electron chi connectivity index (χ0n) is 20.0. The summed E-state index contributed by atoms with van der Waals surface area (Å²) in [4.78, 5) is 8.62. The number of H-pyrrole nitrogens is 1. The molecule has 1 aliphatic rings. The monoisotopic (exact) mass is 490 g/mol. The molecule has 0 saturated heterocycles. The Hall–Kier alpha value is -4.47. The van der Waals surface area contributed by atoms with Crippen molar-refractivity contribution < 1.29 is 0 Å². The molecule has 0 amide bonds. The molecule has 1 aromatic heterocycles. The molecule has 0 unspecified atom stereocenters. The number of hydrogen-bond acceptors (Lipinski definition) is 2. The summed E-state index contributed by atoms with van der Waals surface area (Å²) in [6.07, 6.45) is 0. The highest BCUT2D eigenvalue weighted by atomic mass is 32.2. The zero-order valence-corrected chi connectivity index (χ0v) is 20.8. The Balaban J connectivity index is 1.40. The predicted molar refractivity (Wildman–Crippen MR) is 158 cm³/mol. The van der Waals surface area contributed by atoms with Gasteiger partial charge in [-0.05, 0) is 70.4 Å². The fourth-order valence-corrected chi connectivity index (χ4v) is 6.77. The molecule has 0 aliphatic carbocycles. The molecule has 7 aromatic rings. The van der Waals surface area contributed by atoms with Gasteiger partial charge in [-0.25, -0.2) is 0 Å². The molecule has 2 nitrogen and oxygen atoms in total. The van der Waals surface area contributed by atoms with Crippen LogP contribution >= 0.6 is 11.8 Å². The van der Waals surface area contributed by atoms with Crippen molar-refractivity contribution in [1.82, 2.24) is 4.98 Å². The van der Waals surface area contributed by atoms with Gasteiger partial charge < -0.3 is 9.88 Å². The highest BCUT2D eigenvalue weighted by Crippen LogP contribution is 2.52. The number of nitrogens with zero attached hydrogens (tertiary/aromatic N) is 1. The Bertz CT molecular complexity index is 1970. The standard InChI is InChI=1S/C34H22N2S/c1-2-10-24(11-3-1)36-29-15-6-7-16-31(29)37-32-20-18-23(21-30(32)36)26-13-8-14-27-34(26)33-25-12-5-4-9-22(25)17-19-28(33)35-27/h1-21,35H. The van der Waals surface area contributed by atoms with Crippen LogP contribution in [-0.2, 0) is 0 Å². The van der Waals surface area contributed by atoms with Gasteiger partial charge in [0, 0.05) is 37.3 Å². The Kier molecular flexibility index (Phi) is 4.49. The van der Waals surface area contributed by atoms with Crippen LogP contribution in [-0.4, -0.2) is 4.98 Å². The van der Waals surface area contributed by atoms with E-state index in [2.05, 4.69) is 137 Å². The number of aromatic amines is 1. The summed E-state index contributed by atoms with van der Waals surface area (Å²) in [5, 5.41) is 5.12. The largest absolute Gasteiger partial charge is 0.354 e. The zero-order chi connectivity index (χ0) is 24.3. The van der Waals surface area contributed by atoms with Crippen molar-refractivity contribution >= 4 is 61.4 Å². The molecule has 174 valence electrons. The van der Waals surface area contributed by atoms with Gasteiger partial charge in [0.05, 0.1) is 11.4 Å². The molecular weight excluding hydrogens is 468 g/mol. The number of nitrogens with one attached hydrogen (secondary N) is 1. The van der Waals surface area contributed by atoms with Crippen LogP contribution in [0.4, 0.5) is 17.1 Å². The Morgan fingerprint density at radius 3 is 2.27 bits per heavy atom. The normalized spacial score (nSPS) is 12.7. The number of hydrogen-bond donors (Lipinski definition) is 1. The van der Waals surface area contributed by atoms with Crippen LogP contribution < -0.4 is 4.90 Å². The van der Waals surface area contributed by atoms with E-state index in [-0.39, 0.29) is 0 Å². The second-order valence-electron chi connectivity index (χ2n) is 9.49. The Morgan fingerprint density at radius 1 is 0.541 bits per heavy atom. The number of anilines is 3. The van der Waals surface area contributed by atoms with Gasteiger partial charge in [0.15, 0.2) is 0 Å². The minimum Gasteiger partial charge on any atom is -0.354 e. The van der Waals surface area contributed by atoms with Gasteiger partial charge in [-0.2, -0.15) is 0 Å². The number of para-hydroxylation sites is 2. The first-order valence-corrected chi connectivity index (χ1v) is 13.4. The summed E-state index contributed by atoms with van der Waals surface area (Å²) in [6, 6.07) is 46.0. The van der Waals surface area contributed by atoms with Gasteiger partial charge in [0.2, 0.25) is 0 Å². The fraction of sp³-hybridized carbons (Fsp3) is 0. The van der Waals surface area contributed by atoms with Crippen LogP contribution in [0.5, 0.6) is 0 Å². The van der Waals surface area contributed by atoms with E-state index >= 15 is 0 Å². The minimum atomic E-state index is 1.17. The molecule has 0 radical (unpaired) electrons. The van der Waals surface area contributed by atoms with E-state index in [9.17, 15) is 0 Å². The van der Waals surface area contributed by atoms with Crippen LogP contribution in [0.3, 0.4) is 0 Å². The lowest BCUT2D eigenvalue weighted by molar-refractivity contribution is 1.17. The van der Waals surface area contributed by atoms with E-state index in [4.69, 9.17) is 0 Å². The topological polar surface area (TPSA) is 19.0 Å². The first-order chi connectivity index (χ1) is 18.3. The van der Waals surface area contributed by atoms with Crippen molar-refractivity contribution in [1.29, 1.82) is 0 Å². The van der Waals surface area contributed by atoms with E-state index in [1.165, 1.54) is 70.6 Å².